The maximum atomic E-state index is 12.7. The van der Waals surface area contributed by atoms with Gasteiger partial charge in [0.15, 0.2) is 5.13 Å². The second-order valence-electron chi connectivity index (χ2n) is 8.42. The monoisotopic (exact) mass is 459 g/mol. The van der Waals surface area contributed by atoms with Crippen molar-refractivity contribution in [1.29, 1.82) is 0 Å². The molecule has 8 heteroatoms. The third-order valence-corrected chi connectivity index (χ3v) is 7.98. The van der Waals surface area contributed by atoms with E-state index < -0.39 is 10.0 Å². The highest BCUT2D eigenvalue weighted by molar-refractivity contribution is 7.89. The Morgan fingerprint density at radius 2 is 1.84 bits per heavy atom. The van der Waals surface area contributed by atoms with Gasteiger partial charge in [0.2, 0.25) is 10.0 Å². The molecule has 1 aliphatic heterocycles. The molecule has 0 aliphatic carbocycles. The van der Waals surface area contributed by atoms with Crippen LogP contribution < -0.4 is 14.4 Å². The number of nitrogens with zero attached hydrogens (tertiary/aromatic N) is 2. The largest absolute Gasteiger partial charge is 0.493 e. The highest BCUT2D eigenvalue weighted by Gasteiger charge is 2.23. The Morgan fingerprint density at radius 1 is 1.13 bits per heavy atom. The van der Waals surface area contributed by atoms with Crippen LogP contribution >= 0.6 is 11.3 Å². The number of ether oxygens (including phenoxy) is 1. The maximum Gasteiger partial charge on any atom is 0.240 e. The third kappa shape index (κ3) is 5.56. The molecular weight excluding hydrogens is 430 g/mol. The van der Waals surface area contributed by atoms with Crippen LogP contribution in [0.1, 0.15) is 26.7 Å². The van der Waals surface area contributed by atoms with Crippen LogP contribution in [0, 0.1) is 11.8 Å². The Bertz CT molecular complexity index is 1070. The Labute approximate surface area is 188 Å². The van der Waals surface area contributed by atoms with Gasteiger partial charge in [-0.05, 0) is 61.1 Å². The van der Waals surface area contributed by atoms with Crippen molar-refractivity contribution in [2.45, 2.75) is 31.6 Å². The van der Waals surface area contributed by atoms with E-state index in [0.29, 0.717) is 30.7 Å². The summed E-state index contributed by atoms with van der Waals surface area (Å²) in [7, 11) is -3.52. The first-order valence-electron chi connectivity index (χ1n) is 10.7. The van der Waals surface area contributed by atoms with Crippen molar-refractivity contribution in [3.8, 4) is 5.75 Å². The molecule has 0 amide bonds. The van der Waals surface area contributed by atoms with E-state index in [-0.39, 0.29) is 4.90 Å². The molecule has 3 aromatic rings. The Kier molecular flexibility index (Phi) is 6.79. The topological polar surface area (TPSA) is 71.5 Å². The van der Waals surface area contributed by atoms with Gasteiger partial charge in [0.25, 0.3) is 0 Å². The van der Waals surface area contributed by atoms with E-state index >= 15 is 0 Å². The third-order valence-electron chi connectivity index (χ3n) is 5.45. The van der Waals surface area contributed by atoms with Gasteiger partial charge in [0.05, 0.1) is 21.7 Å². The number of rotatable bonds is 8. The normalized spacial score (nSPS) is 15.6. The fraction of sp³-hybridized carbons (Fsp3) is 0.435. The highest BCUT2D eigenvalue weighted by atomic mass is 32.2. The van der Waals surface area contributed by atoms with Crippen molar-refractivity contribution < 1.29 is 13.2 Å². The van der Waals surface area contributed by atoms with Crippen molar-refractivity contribution in [1.82, 2.24) is 9.71 Å². The first kappa shape index (κ1) is 22.0. The van der Waals surface area contributed by atoms with Crippen molar-refractivity contribution in [3.63, 3.8) is 0 Å². The molecule has 2 heterocycles. The standard InChI is InChI=1S/C23H29N3O3S2/c1-17(2)16-29-19-7-9-20(10-8-19)31(27,28)24-15-18-11-13-26(14-12-18)23-25-21-5-3-4-6-22(21)30-23/h3-10,17-18,24H,11-16H2,1-2H3. The second kappa shape index (κ2) is 9.54. The minimum atomic E-state index is -3.52. The summed E-state index contributed by atoms with van der Waals surface area (Å²) in [5.41, 5.74) is 1.04. The summed E-state index contributed by atoms with van der Waals surface area (Å²) in [5, 5.41) is 1.06. The van der Waals surface area contributed by atoms with Gasteiger partial charge in [0.1, 0.15) is 5.75 Å². The SMILES string of the molecule is CC(C)COc1ccc(S(=O)(=O)NCC2CCN(c3nc4ccccc4s3)CC2)cc1. The molecule has 4 rings (SSSR count). The summed E-state index contributed by atoms with van der Waals surface area (Å²) in [5.74, 6) is 1.44. The molecule has 1 aliphatic rings. The van der Waals surface area contributed by atoms with Crippen LogP contribution in [-0.4, -0.2) is 39.6 Å². The minimum Gasteiger partial charge on any atom is -0.493 e. The van der Waals surface area contributed by atoms with E-state index in [1.165, 1.54) is 4.70 Å². The average Bonchev–Trinajstić information content (AvgIpc) is 3.21. The van der Waals surface area contributed by atoms with Crippen molar-refractivity contribution in [2.24, 2.45) is 11.8 Å². The molecule has 2 aromatic carbocycles. The molecule has 0 bridgehead atoms. The van der Waals surface area contributed by atoms with Crippen LogP contribution in [0.4, 0.5) is 5.13 Å². The number of hydrogen-bond acceptors (Lipinski definition) is 6. The van der Waals surface area contributed by atoms with Gasteiger partial charge in [-0.3, -0.25) is 0 Å². The summed E-state index contributed by atoms with van der Waals surface area (Å²) < 4.78 is 35.0. The van der Waals surface area contributed by atoms with Crippen molar-refractivity contribution in [2.75, 3.05) is 31.1 Å². The molecule has 0 radical (unpaired) electrons. The fourth-order valence-corrected chi connectivity index (χ4v) is 5.75. The lowest BCUT2D eigenvalue weighted by atomic mass is 9.97. The molecule has 6 nitrogen and oxygen atoms in total. The second-order valence-corrected chi connectivity index (χ2v) is 11.2. The van der Waals surface area contributed by atoms with E-state index in [9.17, 15) is 8.42 Å². The van der Waals surface area contributed by atoms with Gasteiger partial charge in [-0.25, -0.2) is 18.1 Å². The Balaban J connectivity index is 1.28. The zero-order valence-corrected chi connectivity index (χ0v) is 19.6. The summed E-state index contributed by atoms with van der Waals surface area (Å²) in [6, 6.07) is 14.8. The Hall–Kier alpha value is -2.16. The number of anilines is 1. The fourth-order valence-electron chi connectivity index (χ4n) is 3.61. The highest BCUT2D eigenvalue weighted by Crippen LogP contribution is 2.31. The van der Waals surface area contributed by atoms with Crippen molar-refractivity contribution >= 4 is 36.7 Å². The van der Waals surface area contributed by atoms with E-state index in [1.807, 2.05) is 18.2 Å². The van der Waals surface area contributed by atoms with Crippen LogP contribution in [0.15, 0.2) is 53.4 Å². The predicted molar refractivity (Wildman–Crippen MR) is 127 cm³/mol. The van der Waals surface area contributed by atoms with Crippen molar-refractivity contribution in [3.05, 3.63) is 48.5 Å². The molecule has 0 saturated carbocycles. The predicted octanol–water partition coefficient (Wildman–Crippen LogP) is 4.53. The summed E-state index contributed by atoms with van der Waals surface area (Å²) >= 11 is 1.72. The summed E-state index contributed by atoms with van der Waals surface area (Å²) in [4.78, 5) is 7.32. The van der Waals surface area contributed by atoms with Crippen LogP contribution in [-0.2, 0) is 10.0 Å². The van der Waals surface area contributed by atoms with Gasteiger partial charge < -0.3 is 9.64 Å². The van der Waals surface area contributed by atoms with Gasteiger partial charge >= 0.3 is 0 Å². The summed E-state index contributed by atoms with van der Waals surface area (Å²) in [6.45, 7) is 7.02. The van der Waals surface area contributed by atoms with Crippen LogP contribution in [0.3, 0.4) is 0 Å². The van der Waals surface area contributed by atoms with Gasteiger partial charge in [-0.15, -0.1) is 0 Å². The Morgan fingerprint density at radius 3 is 2.52 bits per heavy atom. The number of para-hydroxylation sites is 1. The quantitative estimate of drug-likeness (QED) is 0.536. The van der Waals surface area contributed by atoms with E-state index in [0.717, 1.165) is 36.6 Å². The molecule has 31 heavy (non-hydrogen) atoms. The number of sulfonamides is 1. The first-order valence-corrected chi connectivity index (χ1v) is 13.0. The maximum absolute atomic E-state index is 12.7. The number of thiazole rings is 1. The lowest BCUT2D eigenvalue weighted by molar-refractivity contribution is 0.271. The molecule has 1 N–H and O–H groups in total. The molecule has 0 spiro atoms. The number of hydrogen-bond donors (Lipinski definition) is 1. The summed E-state index contributed by atoms with van der Waals surface area (Å²) in [6.07, 6.45) is 1.89. The van der Waals surface area contributed by atoms with Gasteiger partial charge in [0, 0.05) is 19.6 Å². The van der Waals surface area contributed by atoms with E-state index in [2.05, 4.69) is 29.5 Å². The molecule has 166 valence electrons. The molecule has 0 unspecified atom stereocenters. The number of fused-ring (bicyclic) bond motifs is 1. The van der Waals surface area contributed by atoms with E-state index in [4.69, 9.17) is 9.72 Å². The number of nitrogens with one attached hydrogen (secondary N) is 1. The van der Waals surface area contributed by atoms with Crippen LogP contribution in [0.5, 0.6) is 5.75 Å². The van der Waals surface area contributed by atoms with Gasteiger partial charge in [-0.2, -0.15) is 0 Å². The minimum absolute atomic E-state index is 0.274. The first-order chi connectivity index (χ1) is 14.9. The average molecular weight is 460 g/mol. The lowest BCUT2D eigenvalue weighted by Crippen LogP contribution is -2.38. The molecule has 1 saturated heterocycles. The van der Waals surface area contributed by atoms with Crippen LogP contribution in [0.25, 0.3) is 10.2 Å². The number of aromatic nitrogens is 1. The van der Waals surface area contributed by atoms with Gasteiger partial charge in [-0.1, -0.05) is 37.3 Å². The zero-order chi connectivity index (χ0) is 21.8. The molecule has 1 aromatic heterocycles. The molecule has 1 fully saturated rings. The van der Waals surface area contributed by atoms with Crippen LogP contribution in [0.2, 0.25) is 0 Å². The lowest BCUT2D eigenvalue weighted by Gasteiger charge is -2.31. The smallest absolute Gasteiger partial charge is 0.240 e. The number of benzene rings is 2. The number of piperidine rings is 1. The molecule has 0 atom stereocenters. The zero-order valence-electron chi connectivity index (χ0n) is 18.0. The van der Waals surface area contributed by atoms with E-state index in [1.54, 1.807) is 35.6 Å². The molecular formula is C23H29N3O3S2.